The second-order valence-corrected chi connectivity index (χ2v) is 6.51. The Labute approximate surface area is 125 Å². The zero-order chi connectivity index (χ0) is 13.9. The van der Waals surface area contributed by atoms with Gasteiger partial charge in [0.15, 0.2) is 0 Å². The summed E-state index contributed by atoms with van der Waals surface area (Å²) in [6.07, 6.45) is 0. The summed E-state index contributed by atoms with van der Waals surface area (Å²) in [6, 6.07) is 8.53. The minimum Gasteiger partial charge on any atom is -0.419 e. The lowest BCUT2D eigenvalue weighted by Gasteiger charge is -2.21. The lowest BCUT2D eigenvalue weighted by atomic mass is 10.2. The van der Waals surface area contributed by atoms with E-state index in [2.05, 4.69) is 46.6 Å². The van der Waals surface area contributed by atoms with Gasteiger partial charge in [0.2, 0.25) is 5.89 Å². The molecule has 0 saturated carbocycles. The minimum absolute atomic E-state index is 0.340. The number of aromatic nitrogens is 2. The third kappa shape index (κ3) is 2.82. The van der Waals surface area contributed by atoms with Crippen molar-refractivity contribution >= 4 is 22.7 Å². The molecular weight excluding hydrogens is 290 g/mol. The molecule has 0 amide bonds. The summed E-state index contributed by atoms with van der Waals surface area (Å²) in [5, 5.41) is 12.3. The molecule has 20 heavy (non-hydrogen) atoms. The van der Waals surface area contributed by atoms with Crippen LogP contribution in [-0.4, -0.2) is 22.1 Å². The molecule has 4 nitrogen and oxygen atoms in total. The predicted molar refractivity (Wildman–Crippen MR) is 81.8 cm³/mol. The number of rotatable bonds is 5. The van der Waals surface area contributed by atoms with Gasteiger partial charge in [-0.15, -0.1) is 32.9 Å². The summed E-state index contributed by atoms with van der Waals surface area (Å²) in [7, 11) is 2.07. The smallest absolute Gasteiger partial charge is 0.257 e. The Hall–Kier alpha value is -1.50. The number of nitrogens with zero attached hydrogens (tertiary/aromatic N) is 3. The highest BCUT2D eigenvalue weighted by Gasteiger charge is 2.16. The van der Waals surface area contributed by atoms with Gasteiger partial charge < -0.3 is 4.42 Å². The highest BCUT2D eigenvalue weighted by molar-refractivity contribution is 7.13. The molecule has 0 aliphatic rings. The van der Waals surface area contributed by atoms with E-state index in [0.29, 0.717) is 24.4 Å². The van der Waals surface area contributed by atoms with E-state index in [0.717, 1.165) is 4.88 Å². The van der Waals surface area contributed by atoms with E-state index in [1.54, 1.807) is 22.7 Å². The molecule has 3 aromatic heterocycles. The monoisotopic (exact) mass is 305 g/mol. The molecule has 0 fully saturated rings. The largest absolute Gasteiger partial charge is 0.419 e. The van der Waals surface area contributed by atoms with Gasteiger partial charge in [-0.05, 0) is 36.9 Å². The Morgan fingerprint density at radius 2 is 2.00 bits per heavy atom. The van der Waals surface area contributed by atoms with Crippen LogP contribution in [0, 0.1) is 0 Å². The molecular formula is C14H15N3OS2. The van der Waals surface area contributed by atoms with E-state index < -0.39 is 0 Å². The molecule has 0 aliphatic heterocycles. The fraction of sp³-hybridized carbons (Fsp3) is 0.286. The first-order valence-corrected chi connectivity index (χ1v) is 8.10. The highest BCUT2D eigenvalue weighted by atomic mass is 32.1. The average Bonchev–Trinajstić information content (AvgIpc) is 3.19. The summed E-state index contributed by atoms with van der Waals surface area (Å²) in [6.45, 7) is 2.83. The second-order valence-electron chi connectivity index (χ2n) is 4.58. The predicted octanol–water partition coefficient (Wildman–Crippen LogP) is 4.05. The molecule has 6 heteroatoms. The number of thiophene rings is 2. The van der Waals surface area contributed by atoms with Crippen molar-refractivity contribution in [3.05, 3.63) is 45.8 Å². The van der Waals surface area contributed by atoms with Gasteiger partial charge >= 0.3 is 0 Å². The molecule has 0 radical (unpaired) electrons. The highest BCUT2D eigenvalue weighted by Crippen LogP contribution is 2.26. The van der Waals surface area contributed by atoms with Crippen LogP contribution >= 0.6 is 22.7 Å². The maximum atomic E-state index is 5.72. The van der Waals surface area contributed by atoms with Crippen LogP contribution in [0.4, 0.5) is 0 Å². The van der Waals surface area contributed by atoms with Gasteiger partial charge in [0.25, 0.3) is 5.89 Å². The van der Waals surface area contributed by atoms with Crippen molar-refractivity contribution in [2.75, 3.05) is 7.05 Å². The van der Waals surface area contributed by atoms with Gasteiger partial charge in [0.1, 0.15) is 0 Å². The molecule has 3 rings (SSSR count). The molecule has 3 aromatic rings. The quantitative estimate of drug-likeness (QED) is 0.713. The van der Waals surface area contributed by atoms with Crippen molar-refractivity contribution in [1.29, 1.82) is 0 Å². The maximum absolute atomic E-state index is 5.72. The molecule has 0 N–H and O–H groups in total. The molecule has 0 spiro atoms. The van der Waals surface area contributed by atoms with Crippen molar-refractivity contribution in [2.45, 2.75) is 19.5 Å². The van der Waals surface area contributed by atoms with Gasteiger partial charge in [-0.2, -0.15) is 0 Å². The molecule has 1 atom stereocenters. The average molecular weight is 305 g/mol. The van der Waals surface area contributed by atoms with Crippen LogP contribution in [0.1, 0.15) is 23.7 Å². The second kappa shape index (κ2) is 5.87. The Morgan fingerprint density at radius 1 is 1.20 bits per heavy atom. The molecule has 0 aromatic carbocycles. The lowest BCUT2D eigenvalue weighted by Crippen LogP contribution is -2.21. The van der Waals surface area contributed by atoms with Gasteiger partial charge in [0.05, 0.1) is 11.4 Å². The molecule has 3 heterocycles. The van der Waals surface area contributed by atoms with Crippen molar-refractivity contribution in [1.82, 2.24) is 15.1 Å². The minimum atomic E-state index is 0.340. The topological polar surface area (TPSA) is 42.2 Å². The van der Waals surface area contributed by atoms with Crippen LogP contribution in [0.5, 0.6) is 0 Å². The van der Waals surface area contributed by atoms with Crippen LogP contribution in [0.25, 0.3) is 10.8 Å². The fourth-order valence-electron chi connectivity index (χ4n) is 1.91. The molecule has 0 saturated heterocycles. The van der Waals surface area contributed by atoms with Gasteiger partial charge in [-0.3, -0.25) is 4.90 Å². The third-order valence-electron chi connectivity index (χ3n) is 3.20. The van der Waals surface area contributed by atoms with Gasteiger partial charge in [-0.25, -0.2) is 0 Å². The van der Waals surface area contributed by atoms with Gasteiger partial charge in [0, 0.05) is 10.9 Å². The summed E-state index contributed by atoms with van der Waals surface area (Å²) in [5.74, 6) is 1.26. The summed E-state index contributed by atoms with van der Waals surface area (Å²) in [5.41, 5.74) is 0. The van der Waals surface area contributed by atoms with Crippen molar-refractivity contribution in [2.24, 2.45) is 0 Å². The van der Waals surface area contributed by atoms with Crippen LogP contribution in [-0.2, 0) is 6.54 Å². The van der Waals surface area contributed by atoms with Crippen LogP contribution in [0.15, 0.2) is 39.4 Å². The van der Waals surface area contributed by atoms with Crippen LogP contribution in [0.2, 0.25) is 0 Å². The maximum Gasteiger partial charge on any atom is 0.257 e. The first-order valence-electron chi connectivity index (χ1n) is 6.34. The summed E-state index contributed by atoms with van der Waals surface area (Å²) >= 11 is 3.37. The van der Waals surface area contributed by atoms with Crippen molar-refractivity contribution < 1.29 is 4.42 Å². The van der Waals surface area contributed by atoms with E-state index in [1.807, 2.05) is 17.5 Å². The Morgan fingerprint density at radius 3 is 2.70 bits per heavy atom. The summed E-state index contributed by atoms with van der Waals surface area (Å²) < 4.78 is 5.72. The Balaban J connectivity index is 1.69. The van der Waals surface area contributed by atoms with Crippen LogP contribution < -0.4 is 0 Å². The summed E-state index contributed by atoms with van der Waals surface area (Å²) in [4.78, 5) is 4.56. The molecule has 104 valence electrons. The normalized spacial score (nSPS) is 12.9. The van der Waals surface area contributed by atoms with Crippen molar-refractivity contribution in [3.63, 3.8) is 0 Å². The van der Waals surface area contributed by atoms with E-state index in [1.165, 1.54) is 4.88 Å². The van der Waals surface area contributed by atoms with E-state index >= 15 is 0 Å². The fourth-order valence-corrected chi connectivity index (χ4v) is 3.41. The SMILES string of the molecule is CC(c1cccs1)N(C)Cc1nnc(-c2cccs2)o1. The Kier molecular flexibility index (Phi) is 3.95. The van der Waals surface area contributed by atoms with E-state index in [-0.39, 0.29) is 0 Å². The first-order chi connectivity index (χ1) is 9.74. The third-order valence-corrected chi connectivity index (χ3v) is 5.10. The zero-order valence-corrected chi connectivity index (χ0v) is 12.9. The van der Waals surface area contributed by atoms with Crippen LogP contribution in [0.3, 0.4) is 0 Å². The molecule has 0 aliphatic carbocycles. The standard InChI is InChI=1S/C14H15N3OS2/c1-10(11-5-3-7-19-11)17(2)9-13-15-16-14(18-13)12-6-4-8-20-12/h3-8,10H,9H2,1-2H3. The molecule has 0 bridgehead atoms. The molecule has 1 unspecified atom stereocenters. The van der Waals surface area contributed by atoms with E-state index in [9.17, 15) is 0 Å². The zero-order valence-electron chi connectivity index (χ0n) is 11.3. The Bertz CT molecular complexity index is 646. The lowest BCUT2D eigenvalue weighted by molar-refractivity contribution is 0.231. The first kappa shape index (κ1) is 13.5. The van der Waals surface area contributed by atoms with E-state index in [4.69, 9.17) is 4.42 Å². The number of hydrogen-bond acceptors (Lipinski definition) is 6. The van der Waals surface area contributed by atoms with Crippen molar-refractivity contribution in [3.8, 4) is 10.8 Å². The van der Waals surface area contributed by atoms with Gasteiger partial charge in [-0.1, -0.05) is 12.1 Å². The number of hydrogen-bond donors (Lipinski definition) is 0.